The first-order chi connectivity index (χ1) is 17.0. The zero-order valence-corrected chi connectivity index (χ0v) is 23.8. The molecule has 0 aliphatic carbocycles. The number of alkyl carbamates (subject to hydrolysis) is 1. The number of phenols is 1. The number of benzene rings is 1. The van der Waals surface area contributed by atoms with E-state index in [4.69, 9.17) is 4.74 Å². The summed E-state index contributed by atoms with van der Waals surface area (Å²) in [6.45, 7) is 11.9. The summed E-state index contributed by atoms with van der Waals surface area (Å²) >= 11 is 1.56. The number of amides is 3. The number of rotatable bonds is 14. The molecule has 1 rings (SSSR count). The van der Waals surface area contributed by atoms with Gasteiger partial charge in [0.2, 0.25) is 11.8 Å². The zero-order chi connectivity index (χ0) is 27.3. The second-order valence-electron chi connectivity index (χ2n) is 9.93. The van der Waals surface area contributed by atoms with Crippen molar-refractivity contribution in [3.05, 3.63) is 29.3 Å². The second-order valence-corrected chi connectivity index (χ2v) is 10.9. The number of carbonyl (C=O) groups excluding carboxylic acids is 3. The molecule has 3 N–H and O–H groups in total. The number of nitrogens with one attached hydrogen (secondary N) is 2. The van der Waals surface area contributed by atoms with Crippen molar-refractivity contribution >= 4 is 29.7 Å². The lowest BCUT2D eigenvalue weighted by molar-refractivity contribution is -0.142. The topological polar surface area (TPSA) is 108 Å². The van der Waals surface area contributed by atoms with Crippen molar-refractivity contribution in [2.75, 3.05) is 25.1 Å². The fraction of sp³-hybridized carbons (Fsp3) is 0.667. The van der Waals surface area contributed by atoms with Crippen molar-refractivity contribution in [2.45, 2.75) is 91.3 Å². The van der Waals surface area contributed by atoms with Crippen LogP contribution < -0.4 is 10.6 Å². The molecule has 8 nitrogen and oxygen atoms in total. The summed E-state index contributed by atoms with van der Waals surface area (Å²) in [6, 6.07) is 3.30. The fourth-order valence-corrected chi connectivity index (χ4v) is 4.15. The van der Waals surface area contributed by atoms with Crippen LogP contribution in [0, 0.1) is 6.92 Å². The predicted octanol–water partition coefficient (Wildman–Crippen LogP) is 4.93. The Balaban J connectivity index is 3.47. The molecule has 0 spiro atoms. The molecular weight excluding hydrogens is 478 g/mol. The van der Waals surface area contributed by atoms with Gasteiger partial charge in [-0.2, -0.15) is 11.8 Å². The van der Waals surface area contributed by atoms with Crippen molar-refractivity contribution in [3.63, 3.8) is 0 Å². The van der Waals surface area contributed by atoms with Crippen LogP contribution in [0.1, 0.15) is 83.9 Å². The Labute approximate surface area is 220 Å². The lowest BCUT2D eigenvalue weighted by Gasteiger charge is -2.35. The van der Waals surface area contributed by atoms with Crippen molar-refractivity contribution in [1.82, 2.24) is 15.5 Å². The quantitative estimate of drug-likeness (QED) is 0.298. The van der Waals surface area contributed by atoms with Gasteiger partial charge in [0.1, 0.15) is 23.4 Å². The van der Waals surface area contributed by atoms with E-state index >= 15 is 0 Å². The molecule has 2 unspecified atom stereocenters. The molecule has 0 aliphatic rings. The van der Waals surface area contributed by atoms with Gasteiger partial charge in [-0.1, -0.05) is 44.9 Å². The smallest absolute Gasteiger partial charge is 0.408 e. The lowest BCUT2D eigenvalue weighted by atomic mass is 9.98. The average molecular weight is 524 g/mol. The molecule has 0 fully saturated rings. The predicted molar refractivity (Wildman–Crippen MR) is 146 cm³/mol. The molecule has 9 heteroatoms. The molecule has 3 amide bonds. The largest absolute Gasteiger partial charge is 0.507 e. The summed E-state index contributed by atoms with van der Waals surface area (Å²) < 4.78 is 5.41. The van der Waals surface area contributed by atoms with E-state index in [2.05, 4.69) is 10.6 Å². The monoisotopic (exact) mass is 523 g/mol. The summed E-state index contributed by atoms with van der Waals surface area (Å²) in [4.78, 5) is 41.6. The Hall–Kier alpha value is -2.42. The summed E-state index contributed by atoms with van der Waals surface area (Å²) in [5, 5.41) is 16.5. The van der Waals surface area contributed by atoms with Gasteiger partial charge in [0, 0.05) is 18.7 Å². The minimum Gasteiger partial charge on any atom is -0.507 e. The minimum atomic E-state index is -1.03. The number of nitrogens with zero attached hydrogens (tertiary/aromatic N) is 1. The van der Waals surface area contributed by atoms with Crippen LogP contribution >= 0.6 is 11.8 Å². The number of carbonyl (C=O) groups is 3. The molecular formula is C27H45N3O5S. The van der Waals surface area contributed by atoms with Crippen molar-refractivity contribution in [1.29, 1.82) is 0 Å². The Bertz CT molecular complexity index is 856. The van der Waals surface area contributed by atoms with Crippen LogP contribution in [0.25, 0.3) is 0 Å². The molecule has 0 aliphatic heterocycles. The Morgan fingerprint density at radius 1 is 1.14 bits per heavy atom. The molecule has 0 heterocycles. The van der Waals surface area contributed by atoms with Gasteiger partial charge in [0.05, 0.1) is 0 Å². The van der Waals surface area contributed by atoms with Crippen LogP contribution in [0.4, 0.5) is 4.79 Å². The number of aromatic hydroxyl groups is 1. The Kier molecular flexibility index (Phi) is 13.7. The van der Waals surface area contributed by atoms with Crippen molar-refractivity contribution in [2.24, 2.45) is 0 Å². The van der Waals surface area contributed by atoms with Crippen LogP contribution in [0.3, 0.4) is 0 Å². The third-order valence-electron chi connectivity index (χ3n) is 5.59. The minimum absolute atomic E-state index is 0.0109. The molecule has 0 saturated heterocycles. The lowest BCUT2D eigenvalue weighted by Crippen LogP contribution is -2.53. The highest BCUT2D eigenvalue weighted by Gasteiger charge is 2.37. The van der Waals surface area contributed by atoms with Gasteiger partial charge in [-0.05, 0) is 64.5 Å². The standard InChI is InChI=1S/C27H45N3O5S/c1-8-10-16-28-24(32)22(20-14-12-13-19(3)23(20)31)30(17-11-9-2)25(33)21(15-18-36-7)29-26(34)35-27(4,5)6/h12-14,21-22,31H,8-11,15-18H2,1-7H3,(H,28,32)(H,29,34). The third kappa shape index (κ3) is 10.3. The van der Waals surface area contributed by atoms with E-state index < -0.39 is 23.8 Å². The van der Waals surface area contributed by atoms with Crippen molar-refractivity contribution < 1.29 is 24.2 Å². The van der Waals surface area contributed by atoms with Gasteiger partial charge in [-0.25, -0.2) is 4.79 Å². The number of unbranched alkanes of at least 4 members (excludes halogenated alkanes) is 2. The van der Waals surface area contributed by atoms with Gasteiger partial charge < -0.3 is 25.4 Å². The molecule has 36 heavy (non-hydrogen) atoms. The molecule has 204 valence electrons. The van der Waals surface area contributed by atoms with Crippen molar-refractivity contribution in [3.8, 4) is 5.75 Å². The first-order valence-corrected chi connectivity index (χ1v) is 14.2. The van der Waals surface area contributed by atoms with Crippen LogP contribution in [0.5, 0.6) is 5.75 Å². The maximum absolute atomic E-state index is 14.0. The number of para-hydroxylation sites is 1. The van der Waals surface area contributed by atoms with Gasteiger partial charge in [0.15, 0.2) is 0 Å². The maximum atomic E-state index is 14.0. The van der Waals surface area contributed by atoms with Crippen LogP contribution in [-0.4, -0.2) is 64.7 Å². The van der Waals surface area contributed by atoms with E-state index in [0.29, 0.717) is 42.8 Å². The van der Waals surface area contributed by atoms with E-state index in [9.17, 15) is 19.5 Å². The highest BCUT2D eigenvalue weighted by molar-refractivity contribution is 7.98. The van der Waals surface area contributed by atoms with Crippen LogP contribution in [0.15, 0.2) is 18.2 Å². The third-order valence-corrected chi connectivity index (χ3v) is 6.23. The SMILES string of the molecule is CCCCNC(=O)C(c1cccc(C)c1O)N(CCCC)C(=O)C(CCSC)NC(=O)OC(C)(C)C. The fourth-order valence-electron chi connectivity index (χ4n) is 3.68. The van der Waals surface area contributed by atoms with Gasteiger partial charge in [-0.15, -0.1) is 0 Å². The summed E-state index contributed by atoms with van der Waals surface area (Å²) in [5.74, 6) is -0.102. The second kappa shape index (κ2) is 15.6. The normalized spacial score (nSPS) is 13.0. The highest BCUT2D eigenvalue weighted by Crippen LogP contribution is 2.32. The molecule has 0 saturated carbocycles. The molecule has 0 bridgehead atoms. The first-order valence-electron chi connectivity index (χ1n) is 12.8. The molecule has 1 aromatic rings. The van der Waals surface area contributed by atoms with Gasteiger partial charge in [-0.3, -0.25) is 9.59 Å². The number of phenolic OH excluding ortho intramolecular Hbond substituents is 1. The van der Waals surface area contributed by atoms with Gasteiger partial charge >= 0.3 is 6.09 Å². The first kappa shape index (κ1) is 31.6. The van der Waals surface area contributed by atoms with E-state index in [-0.39, 0.29) is 17.6 Å². The van der Waals surface area contributed by atoms with Crippen LogP contribution in [0.2, 0.25) is 0 Å². The molecule has 0 radical (unpaired) electrons. The summed E-state index contributed by atoms with van der Waals surface area (Å²) in [7, 11) is 0. The zero-order valence-electron chi connectivity index (χ0n) is 23.0. The average Bonchev–Trinajstić information content (AvgIpc) is 2.80. The Morgan fingerprint density at radius 2 is 1.81 bits per heavy atom. The number of ether oxygens (including phenoxy) is 1. The molecule has 1 aromatic carbocycles. The number of aryl methyl sites for hydroxylation is 1. The summed E-state index contributed by atoms with van der Waals surface area (Å²) in [6.07, 6.45) is 4.82. The molecule has 0 aromatic heterocycles. The summed E-state index contributed by atoms with van der Waals surface area (Å²) in [5.41, 5.74) is 0.274. The van der Waals surface area contributed by atoms with E-state index in [0.717, 1.165) is 19.3 Å². The number of thioether (sulfide) groups is 1. The Morgan fingerprint density at radius 3 is 2.39 bits per heavy atom. The van der Waals surface area contributed by atoms with E-state index in [1.54, 1.807) is 57.7 Å². The van der Waals surface area contributed by atoms with E-state index in [1.807, 2.05) is 20.1 Å². The maximum Gasteiger partial charge on any atom is 0.408 e. The van der Waals surface area contributed by atoms with Crippen LogP contribution in [-0.2, 0) is 14.3 Å². The van der Waals surface area contributed by atoms with E-state index in [1.165, 1.54) is 4.90 Å². The number of hydrogen-bond donors (Lipinski definition) is 3. The number of hydrogen-bond acceptors (Lipinski definition) is 6. The highest BCUT2D eigenvalue weighted by atomic mass is 32.2. The molecule has 2 atom stereocenters. The van der Waals surface area contributed by atoms with Gasteiger partial charge in [0.25, 0.3) is 0 Å².